The molecule has 0 aromatic rings. The fourth-order valence-electron chi connectivity index (χ4n) is 0.479. The maximum Gasteiger partial charge on any atom is 0.347 e. The molecule has 0 bridgehead atoms. The number of amides is 3. The first-order valence-corrected chi connectivity index (χ1v) is 2.95. The number of urea groups is 1. The van der Waals surface area contributed by atoms with Crippen LogP contribution in [0.5, 0.6) is 0 Å². The summed E-state index contributed by atoms with van der Waals surface area (Å²) in [7, 11) is 0. The topological polar surface area (TPSA) is 40.6 Å². The lowest BCUT2D eigenvalue weighted by Gasteiger charge is -2.02. The van der Waals surface area contributed by atoms with Gasteiger partial charge in [0.15, 0.2) is 0 Å². The molecular weight excluding hydrogens is 160 g/mol. The molecule has 1 aliphatic heterocycles. The predicted molar refractivity (Wildman–Crippen MR) is 36.9 cm³/mol. The van der Waals surface area contributed by atoms with Crippen LogP contribution in [0.4, 0.5) is 4.79 Å². The zero-order valence-electron chi connectivity index (χ0n) is 4.31. The molecule has 9 heavy (non-hydrogen) atoms. The standard InChI is InChI=1S/C3H4N2O2S2/c6-2-1-4(8)3(7)5(2)9/h8-9H,1H2. The summed E-state index contributed by atoms with van der Waals surface area (Å²) in [6, 6.07) is -0.494. The molecule has 1 aliphatic rings. The largest absolute Gasteiger partial charge is 0.347 e. The van der Waals surface area contributed by atoms with Gasteiger partial charge in [-0.2, -0.15) is 0 Å². The van der Waals surface area contributed by atoms with Crippen LogP contribution in [-0.4, -0.2) is 27.1 Å². The van der Waals surface area contributed by atoms with Crippen molar-refractivity contribution in [1.29, 1.82) is 0 Å². The minimum atomic E-state index is -0.494. The summed E-state index contributed by atoms with van der Waals surface area (Å²) in [5, 5.41) is 0. The Kier molecular flexibility index (Phi) is 1.58. The highest BCUT2D eigenvalue weighted by Gasteiger charge is 2.31. The summed E-state index contributed by atoms with van der Waals surface area (Å²) < 4.78 is 1.72. The van der Waals surface area contributed by atoms with Gasteiger partial charge in [-0.25, -0.2) is 9.10 Å². The fourth-order valence-corrected chi connectivity index (χ4v) is 0.931. The van der Waals surface area contributed by atoms with Gasteiger partial charge in [-0.15, -0.1) is 0 Å². The van der Waals surface area contributed by atoms with E-state index in [2.05, 4.69) is 25.6 Å². The van der Waals surface area contributed by atoms with Crippen LogP contribution in [0.2, 0.25) is 0 Å². The Hall–Kier alpha value is -0.360. The third-order valence-electron chi connectivity index (χ3n) is 0.923. The zero-order valence-corrected chi connectivity index (χ0v) is 6.10. The van der Waals surface area contributed by atoms with Crippen LogP contribution in [0.1, 0.15) is 0 Å². The first kappa shape index (κ1) is 6.76. The van der Waals surface area contributed by atoms with Crippen LogP contribution in [0, 0.1) is 0 Å². The van der Waals surface area contributed by atoms with Crippen molar-refractivity contribution in [2.45, 2.75) is 0 Å². The minimum Gasteiger partial charge on any atom is -0.271 e. The molecule has 0 aromatic carbocycles. The molecule has 0 spiro atoms. The summed E-state index contributed by atoms with van der Waals surface area (Å²) in [6.45, 7) is 0.00540. The Balaban J connectivity index is 2.77. The molecule has 50 valence electrons. The molecule has 0 saturated carbocycles. The van der Waals surface area contributed by atoms with Gasteiger partial charge in [0, 0.05) is 0 Å². The Bertz CT molecular complexity index is 171. The van der Waals surface area contributed by atoms with Crippen LogP contribution in [0.15, 0.2) is 0 Å². The molecule has 0 N–H and O–H groups in total. The summed E-state index contributed by atoms with van der Waals surface area (Å²) in [5.74, 6) is -0.349. The normalized spacial score (nSPS) is 19.8. The molecule has 0 atom stereocenters. The Morgan fingerprint density at radius 1 is 1.33 bits per heavy atom. The van der Waals surface area contributed by atoms with Gasteiger partial charge in [0.1, 0.15) is 6.54 Å². The third-order valence-corrected chi connectivity index (χ3v) is 1.63. The van der Waals surface area contributed by atoms with Gasteiger partial charge in [-0.1, -0.05) is 25.6 Å². The number of hydrogen-bond donors (Lipinski definition) is 2. The van der Waals surface area contributed by atoms with Gasteiger partial charge in [-0.3, -0.25) is 9.10 Å². The molecule has 6 heteroatoms. The molecule has 0 aromatic heterocycles. The maximum atomic E-state index is 10.6. The van der Waals surface area contributed by atoms with Crippen molar-refractivity contribution in [3.63, 3.8) is 0 Å². The van der Waals surface area contributed by atoms with Crippen molar-refractivity contribution in [2.75, 3.05) is 6.54 Å². The van der Waals surface area contributed by atoms with Crippen LogP contribution >= 0.6 is 25.6 Å². The molecule has 1 heterocycles. The minimum absolute atomic E-state index is 0.00540. The van der Waals surface area contributed by atoms with Crippen molar-refractivity contribution >= 4 is 37.6 Å². The Morgan fingerprint density at radius 3 is 2.00 bits per heavy atom. The summed E-state index contributed by atoms with van der Waals surface area (Å²) in [5.41, 5.74) is 0. The number of thiol groups is 2. The average Bonchev–Trinajstić information content (AvgIpc) is 1.98. The summed E-state index contributed by atoms with van der Waals surface area (Å²) >= 11 is 7.26. The van der Waals surface area contributed by atoms with Crippen LogP contribution in [0.3, 0.4) is 0 Å². The van der Waals surface area contributed by atoms with E-state index in [1.54, 1.807) is 0 Å². The molecule has 1 fully saturated rings. The number of carbonyl (C=O) groups is 2. The highest BCUT2D eigenvalue weighted by molar-refractivity contribution is 7.80. The molecule has 3 amide bonds. The van der Waals surface area contributed by atoms with E-state index in [4.69, 9.17) is 0 Å². The number of rotatable bonds is 0. The second kappa shape index (κ2) is 2.11. The SMILES string of the molecule is O=C1CN(S)C(=O)N1S. The van der Waals surface area contributed by atoms with Crippen LogP contribution in [0.25, 0.3) is 0 Å². The van der Waals surface area contributed by atoms with Gasteiger partial charge in [-0.05, 0) is 0 Å². The lowest BCUT2D eigenvalue weighted by atomic mass is 10.7. The van der Waals surface area contributed by atoms with Gasteiger partial charge in [0.2, 0.25) is 0 Å². The van der Waals surface area contributed by atoms with E-state index in [0.717, 1.165) is 8.61 Å². The van der Waals surface area contributed by atoms with E-state index < -0.39 is 6.03 Å². The maximum absolute atomic E-state index is 10.6. The fraction of sp³-hybridized carbons (Fsp3) is 0.333. The van der Waals surface area contributed by atoms with Gasteiger partial charge >= 0.3 is 6.03 Å². The number of imide groups is 1. The smallest absolute Gasteiger partial charge is 0.271 e. The number of nitrogens with zero attached hydrogens (tertiary/aromatic N) is 2. The zero-order chi connectivity index (χ0) is 7.02. The number of carbonyl (C=O) groups excluding carboxylic acids is 2. The van der Waals surface area contributed by atoms with Gasteiger partial charge in [0.25, 0.3) is 5.91 Å². The molecule has 4 nitrogen and oxygen atoms in total. The first-order chi connectivity index (χ1) is 4.13. The summed E-state index contributed by atoms with van der Waals surface area (Å²) in [4.78, 5) is 21.1. The second-order valence-electron chi connectivity index (χ2n) is 1.55. The second-order valence-corrected chi connectivity index (χ2v) is 2.43. The van der Waals surface area contributed by atoms with Crippen molar-refractivity contribution in [3.8, 4) is 0 Å². The van der Waals surface area contributed by atoms with E-state index in [-0.39, 0.29) is 12.5 Å². The van der Waals surface area contributed by atoms with E-state index in [0.29, 0.717) is 0 Å². The molecule has 0 unspecified atom stereocenters. The number of hydrogen-bond acceptors (Lipinski definition) is 4. The highest BCUT2D eigenvalue weighted by atomic mass is 32.1. The lowest BCUT2D eigenvalue weighted by Crippen LogP contribution is -2.20. The molecular formula is C3H4N2O2S2. The first-order valence-electron chi connectivity index (χ1n) is 2.15. The van der Waals surface area contributed by atoms with Crippen LogP contribution in [-0.2, 0) is 4.79 Å². The monoisotopic (exact) mass is 164 g/mol. The van der Waals surface area contributed by atoms with Crippen molar-refractivity contribution in [1.82, 2.24) is 8.61 Å². The van der Waals surface area contributed by atoms with Crippen molar-refractivity contribution < 1.29 is 9.59 Å². The predicted octanol–water partition coefficient (Wildman–Crippen LogP) is -0.0598. The third kappa shape index (κ3) is 0.994. The van der Waals surface area contributed by atoms with Gasteiger partial charge < -0.3 is 0 Å². The summed E-state index contributed by atoms with van der Waals surface area (Å²) in [6.07, 6.45) is 0. The van der Waals surface area contributed by atoms with Crippen molar-refractivity contribution in [2.24, 2.45) is 0 Å². The van der Waals surface area contributed by atoms with E-state index in [9.17, 15) is 9.59 Å². The average molecular weight is 164 g/mol. The Morgan fingerprint density at radius 2 is 1.89 bits per heavy atom. The molecule has 1 saturated heterocycles. The van der Waals surface area contributed by atoms with Gasteiger partial charge in [0.05, 0.1) is 0 Å². The quantitative estimate of drug-likeness (QED) is 0.389. The molecule has 0 radical (unpaired) electrons. The molecule has 0 aliphatic carbocycles. The van der Waals surface area contributed by atoms with Crippen molar-refractivity contribution in [3.05, 3.63) is 0 Å². The molecule has 1 rings (SSSR count). The van der Waals surface area contributed by atoms with E-state index in [1.807, 2.05) is 0 Å². The lowest BCUT2D eigenvalue weighted by molar-refractivity contribution is -0.121. The van der Waals surface area contributed by atoms with E-state index in [1.165, 1.54) is 0 Å². The van der Waals surface area contributed by atoms with E-state index >= 15 is 0 Å². The Labute approximate surface area is 62.9 Å². The van der Waals surface area contributed by atoms with Crippen LogP contribution < -0.4 is 0 Å². The highest BCUT2D eigenvalue weighted by Crippen LogP contribution is 2.12.